The van der Waals surface area contributed by atoms with Gasteiger partial charge < -0.3 is 14.7 Å². The number of ether oxygens (including phenoxy) is 1. The Kier molecular flexibility index (Phi) is 4.55. The summed E-state index contributed by atoms with van der Waals surface area (Å²) in [5, 5.41) is 10.9. The van der Waals surface area contributed by atoms with Gasteiger partial charge in [-0.1, -0.05) is 13.0 Å². The molecule has 4 nitrogen and oxygen atoms in total. The third-order valence-electron chi connectivity index (χ3n) is 3.68. The van der Waals surface area contributed by atoms with Gasteiger partial charge in [0.05, 0.1) is 11.3 Å². The number of aromatic nitrogens is 1. The lowest BCUT2D eigenvalue weighted by Gasteiger charge is -2.34. The highest BCUT2D eigenvalue weighted by Crippen LogP contribution is 2.34. The first kappa shape index (κ1) is 14.4. The minimum atomic E-state index is -0.775. The third-order valence-corrected chi connectivity index (χ3v) is 3.68. The van der Waals surface area contributed by atoms with Gasteiger partial charge in [0.15, 0.2) is 0 Å². The largest absolute Gasteiger partial charge is 0.385 e. The second-order valence-electron chi connectivity index (χ2n) is 5.53. The molecule has 0 aromatic carbocycles. The maximum atomic E-state index is 10.9. The van der Waals surface area contributed by atoms with E-state index in [2.05, 4.69) is 17.9 Å². The second-order valence-corrected chi connectivity index (χ2v) is 5.53. The molecule has 1 aromatic heterocycles. The molecule has 19 heavy (non-hydrogen) atoms. The van der Waals surface area contributed by atoms with Crippen molar-refractivity contribution in [2.45, 2.75) is 38.3 Å². The molecule has 0 bridgehead atoms. The summed E-state index contributed by atoms with van der Waals surface area (Å²) in [4.78, 5) is 6.80. The molecule has 0 atom stereocenters. The lowest BCUT2D eigenvalue weighted by molar-refractivity contribution is -0.0688. The Bertz CT molecular complexity index is 426. The van der Waals surface area contributed by atoms with Gasteiger partial charge in [-0.3, -0.25) is 4.98 Å². The Morgan fingerprint density at radius 1 is 1.32 bits per heavy atom. The summed E-state index contributed by atoms with van der Waals surface area (Å²) in [5.41, 5.74) is 2.27. The third kappa shape index (κ3) is 3.32. The predicted molar refractivity (Wildman–Crippen MR) is 75.0 cm³/mol. The highest BCUT2D eigenvalue weighted by atomic mass is 16.5. The fraction of sp³-hybridized carbons (Fsp3) is 0.667. The molecule has 0 saturated carbocycles. The number of rotatable bonds is 4. The van der Waals surface area contributed by atoms with Gasteiger partial charge in [-0.25, -0.2) is 0 Å². The number of pyridine rings is 1. The predicted octanol–water partition coefficient (Wildman–Crippen LogP) is 1.70. The van der Waals surface area contributed by atoms with Crippen LogP contribution in [0.25, 0.3) is 0 Å². The molecule has 1 N–H and O–H groups in total. The molecular formula is C15H24N2O2. The van der Waals surface area contributed by atoms with Crippen molar-refractivity contribution >= 4 is 0 Å². The summed E-state index contributed by atoms with van der Waals surface area (Å²) in [6.45, 7) is 4.10. The van der Waals surface area contributed by atoms with E-state index in [0.717, 1.165) is 29.9 Å². The van der Waals surface area contributed by atoms with E-state index in [0.29, 0.717) is 26.1 Å². The first-order valence-electron chi connectivity index (χ1n) is 6.99. The molecule has 0 aliphatic carbocycles. The average molecular weight is 264 g/mol. The van der Waals surface area contributed by atoms with E-state index in [4.69, 9.17) is 9.72 Å². The van der Waals surface area contributed by atoms with E-state index >= 15 is 0 Å². The summed E-state index contributed by atoms with van der Waals surface area (Å²) in [5.74, 6) is 0. The van der Waals surface area contributed by atoms with Crippen LogP contribution in [0, 0.1) is 0 Å². The SMILES string of the molecule is CCc1ccc(C2(O)CCOCC2)c(CN(C)C)n1. The summed E-state index contributed by atoms with van der Waals surface area (Å²) in [6.07, 6.45) is 2.23. The molecule has 2 rings (SSSR count). The zero-order chi connectivity index (χ0) is 13.9. The van der Waals surface area contributed by atoms with Crippen LogP contribution in [-0.2, 0) is 23.3 Å². The molecule has 2 heterocycles. The van der Waals surface area contributed by atoms with Crippen molar-refractivity contribution in [1.29, 1.82) is 0 Å². The van der Waals surface area contributed by atoms with Crippen LogP contribution in [0.4, 0.5) is 0 Å². The average Bonchev–Trinajstić information content (AvgIpc) is 2.38. The highest BCUT2D eigenvalue weighted by molar-refractivity contribution is 5.29. The van der Waals surface area contributed by atoms with Crippen molar-refractivity contribution in [3.63, 3.8) is 0 Å². The fourth-order valence-electron chi connectivity index (χ4n) is 2.57. The number of hydrogen-bond donors (Lipinski definition) is 1. The van der Waals surface area contributed by atoms with Gasteiger partial charge in [0.2, 0.25) is 0 Å². The molecular weight excluding hydrogens is 240 g/mol. The van der Waals surface area contributed by atoms with Crippen LogP contribution in [-0.4, -0.2) is 42.3 Å². The monoisotopic (exact) mass is 264 g/mol. The maximum Gasteiger partial charge on any atom is 0.0958 e. The normalized spacial score (nSPS) is 18.8. The first-order valence-corrected chi connectivity index (χ1v) is 6.99. The van der Waals surface area contributed by atoms with Crippen molar-refractivity contribution in [1.82, 2.24) is 9.88 Å². The molecule has 1 aliphatic rings. The van der Waals surface area contributed by atoms with Crippen LogP contribution in [0.1, 0.15) is 36.7 Å². The van der Waals surface area contributed by atoms with Crippen molar-refractivity contribution in [3.8, 4) is 0 Å². The molecule has 1 aromatic rings. The molecule has 1 aliphatic heterocycles. The van der Waals surface area contributed by atoms with Gasteiger partial charge >= 0.3 is 0 Å². The zero-order valence-corrected chi connectivity index (χ0v) is 12.1. The Morgan fingerprint density at radius 2 is 2.00 bits per heavy atom. The van der Waals surface area contributed by atoms with E-state index < -0.39 is 5.60 Å². The van der Waals surface area contributed by atoms with E-state index in [1.54, 1.807) is 0 Å². The lowest BCUT2D eigenvalue weighted by atomic mass is 9.85. The van der Waals surface area contributed by atoms with Gasteiger partial charge in [0.25, 0.3) is 0 Å². The molecule has 0 unspecified atom stereocenters. The Labute approximate surface area is 115 Å². The smallest absolute Gasteiger partial charge is 0.0958 e. The molecule has 4 heteroatoms. The Balaban J connectivity index is 2.37. The Morgan fingerprint density at radius 3 is 2.58 bits per heavy atom. The van der Waals surface area contributed by atoms with Crippen LogP contribution >= 0.6 is 0 Å². The van der Waals surface area contributed by atoms with Crippen LogP contribution in [0.2, 0.25) is 0 Å². The Hall–Kier alpha value is -0.970. The van der Waals surface area contributed by atoms with Crippen molar-refractivity contribution in [3.05, 3.63) is 29.1 Å². The summed E-state index contributed by atoms with van der Waals surface area (Å²) < 4.78 is 5.36. The quantitative estimate of drug-likeness (QED) is 0.899. The zero-order valence-electron chi connectivity index (χ0n) is 12.1. The van der Waals surface area contributed by atoms with Crippen LogP contribution in [0.3, 0.4) is 0 Å². The van der Waals surface area contributed by atoms with Gasteiger partial charge in [-0.2, -0.15) is 0 Å². The topological polar surface area (TPSA) is 45.6 Å². The highest BCUT2D eigenvalue weighted by Gasteiger charge is 2.34. The molecule has 0 radical (unpaired) electrons. The lowest BCUT2D eigenvalue weighted by Crippen LogP contribution is -2.35. The number of aliphatic hydroxyl groups is 1. The summed E-state index contributed by atoms with van der Waals surface area (Å²) in [6, 6.07) is 4.08. The fourth-order valence-corrected chi connectivity index (χ4v) is 2.57. The molecule has 0 amide bonds. The number of nitrogens with zero attached hydrogens (tertiary/aromatic N) is 2. The van der Waals surface area contributed by atoms with Gasteiger partial charge in [-0.15, -0.1) is 0 Å². The van der Waals surface area contributed by atoms with Crippen LogP contribution in [0.15, 0.2) is 12.1 Å². The molecule has 1 fully saturated rings. The molecule has 106 valence electrons. The van der Waals surface area contributed by atoms with Gasteiger partial charge in [0, 0.05) is 43.9 Å². The maximum absolute atomic E-state index is 10.9. The van der Waals surface area contributed by atoms with E-state index in [-0.39, 0.29) is 0 Å². The van der Waals surface area contributed by atoms with Crippen LogP contribution < -0.4 is 0 Å². The molecule has 1 saturated heterocycles. The minimum Gasteiger partial charge on any atom is -0.385 e. The van der Waals surface area contributed by atoms with Crippen LogP contribution in [0.5, 0.6) is 0 Å². The van der Waals surface area contributed by atoms with Crippen molar-refractivity contribution in [2.75, 3.05) is 27.3 Å². The van der Waals surface area contributed by atoms with E-state index in [1.807, 2.05) is 20.2 Å². The van der Waals surface area contributed by atoms with Gasteiger partial charge in [-0.05, 0) is 26.6 Å². The molecule has 0 spiro atoms. The van der Waals surface area contributed by atoms with Crippen molar-refractivity contribution in [2.24, 2.45) is 0 Å². The first-order chi connectivity index (χ1) is 9.05. The van der Waals surface area contributed by atoms with Crippen molar-refractivity contribution < 1.29 is 9.84 Å². The standard InChI is InChI=1S/C15H24N2O2/c1-4-12-5-6-13(14(16-12)11-17(2)3)15(18)7-9-19-10-8-15/h5-6,18H,4,7-11H2,1-3H3. The van der Waals surface area contributed by atoms with Gasteiger partial charge in [0.1, 0.15) is 0 Å². The number of aryl methyl sites for hydroxylation is 1. The summed E-state index contributed by atoms with van der Waals surface area (Å²) >= 11 is 0. The minimum absolute atomic E-state index is 0.618. The summed E-state index contributed by atoms with van der Waals surface area (Å²) in [7, 11) is 4.05. The second kappa shape index (κ2) is 5.99. The van der Waals surface area contributed by atoms with E-state index in [1.165, 1.54) is 0 Å². The van der Waals surface area contributed by atoms with E-state index in [9.17, 15) is 5.11 Å². The number of hydrogen-bond acceptors (Lipinski definition) is 4.